The summed E-state index contributed by atoms with van der Waals surface area (Å²) in [5.41, 5.74) is 1.79. The molecule has 1 heterocycles. The van der Waals surface area contributed by atoms with E-state index in [1.54, 1.807) is 42.8 Å². The fourth-order valence-corrected chi connectivity index (χ4v) is 4.58. The molecule has 4 rings (SSSR count). The first-order chi connectivity index (χ1) is 16.5. The molecule has 0 aliphatic heterocycles. The van der Waals surface area contributed by atoms with Crippen LogP contribution in [0.2, 0.25) is 5.02 Å². The van der Waals surface area contributed by atoms with Gasteiger partial charge in [-0.15, -0.1) is 0 Å². The van der Waals surface area contributed by atoms with Crippen molar-refractivity contribution in [2.75, 3.05) is 12.4 Å². The van der Waals surface area contributed by atoms with Gasteiger partial charge in [-0.05, 0) is 50.3 Å². The van der Waals surface area contributed by atoms with Crippen LogP contribution in [0.4, 0.5) is 29.2 Å². The van der Waals surface area contributed by atoms with E-state index in [2.05, 4.69) is 15.6 Å². The molecule has 2 N–H and O–H groups in total. The Morgan fingerprint density at radius 1 is 1.20 bits per heavy atom. The molecular formula is C24H25ClF4N4O2. The molecule has 3 aromatic rings. The van der Waals surface area contributed by atoms with Gasteiger partial charge in [-0.3, -0.25) is 4.79 Å². The maximum absolute atomic E-state index is 14.6. The molecule has 11 heteroatoms. The number of anilines is 2. The average molecular weight is 513 g/mol. The van der Waals surface area contributed by atoms with Gasteiger partial charge in [0.1, 0.15) is 5.75 Å². The first-order valence-corrected chi connectivity index (χ1v) is 11.5. The van der Waals surface area contributed by atoms with Gasteiger partial charge in [0.25, 0.3) is 5.91 Å². The first-order valence-electron chi connectivity index (χ1n) is 11.1. The van der Waals surface area contributed by atoms with E-state index < -0.39 is 23.8 Å². The number of rotatable bonds is 5. The molecule has 0 saturated heterocycles. The Morgan fingerprint density at radius 3 is 2.51 bits per heavy atom. The molecule has 1 amide bonds. The van der Waals surface area contributed by atoms with E-state index >= 15 is 0 Å². The maximum atomic E-state index is 14.6. The lowest BCUT2D eigenvalue weighted by Gasteiger charge is -2.30. The van der Waals surface area contributed by atoms with Gasteiger partial charge in [-0.1, -0.05) is 17.7 Å². The molecule has 1 aliphatic rings. The van der Waals surface area contributed by atoms with Crippen LogP contribution < -0.4 is 15.4 Å². The topological polar surface area (TPSA) is 68.2 Å². The van der Waals surface area contributed by atoms with Crippen LogP contribution in [0, 0.1) is 18.7 Å². The summed E-state index contributed by atoms with van der Waals surface area (Å²) in [5, 5.41) is 5.94. The van der Waals surface area contributed by atoms with Crippen molar-refractivity contribution in [3.8, 4) is 5.75 Å². The number of carbonyl (C=O) groups is 1. The van der Waals surface area contributed by atoms with Crippen molar-refractivity contribution in [3.63, 3.8) is 0 Å². The molecule has 1 saturated carbocycles. The van der Waals surface area contributed by atoms with Crippen molar-refractivity contribution < 1.29 is 27.1 Å². The summed E-state index contributed by atoms with van der Waals surface area (Å²) in [6, 6.07) is 5.98. The van der Waals surface area contributed by atoms with Crippen LogP contribution in [0.25, 0.3) is 11.0 Å². The van der Waals surface area contributed by atoms with Crippen LogP contribution in [0.15, 0.2) is 24.3 Å². The van der Waals surface area contributed by atoms with Crippen LogP contribution in [0.5, 0.6) is 5.75 Å². The van der Waals surface area contributed by atoms with Gasteiger partial charge in [-0.25, -0.2) is 9.37 Å². The largest absolute Gasteiger partial charge is 0.496 e. The Kier molecular flexibility index (Phi) is 6.86. The third-order valence-electron chi connectivity index (χ3n) is 6.49. The highest BCUT2D eigenvalue weighted by molar-refractivity contribution is 6.33. The number of fused-ring (bicyclic) bond motifs is 1. The lowest BCUT2D eigenvalue weighted by atomic mass is 9.85. The molecule has 0 atom stereocenters. The number of hydrogen-bond acceptors (Lipinski definition) is 4. The van der Waals surface area contributed by atoms with Crippen LogP contribution in [0.3, 0.4) is 0 Å². The molecular weight excluding hydrogens is 488 g/mol. The molecule has 0 spiro atoms. The number of alkyl halides is 3. The smallest absolute Gasteiger partial charge is 0.391 e. The molecule has 2 aromatic carbocycles. The van der Waals surface area contributed by atoms with Crippen molar-refractivity contribution in [3.05, 3.63) is 46.2 Å². The van der Waals surface area contributed by atoms with Gasteiger partial charge < -0.3 is 19.9 Å². The van der Waals surface area contributed by atoms with Crippen molar-refractivity contribution in [1.29, 1.82) is 0 Å². The molecule has 6 nitrogen and oxygen atoms in total. The molecule has 35 heavy (non-hydrogen) atoms. The summed E-state index contributed by atoms with van der Waals surface area (Å²) < 4.78 is 60.5. The Bertz CT molecular complexity index is 1270. The number of benzene rings is 2. The van der Waals surface area contributed by atoms with E-state index in [0.717, 1.165) is 0 Å². The quantitative estimate of drug-likeness (QED) is 0.395. The van der Waals surface area contributed by atoms with Crippen molar-refractivity contribution >= 4 is 40.2 Å². The predicted octanol–water partition coefficient (Wildman–Crippen LogP) is 6.28. The third kappa shape index (κ3) is 5.03. The number of hydrogen-bond donors (Lipinski definition) is 2. The number of aromatic nitrogens is 2. The molecule has 1 fully saturated rings. The number of methoxy groups -OCH3 is 1. The van der Waals surface area contributed by atoms with E-state index in [4.69, 9.17) is 16.3 Å². The second-order valence-electron chi connectivity index (χ2n) is 8.78. The van der Waals surface area contributed by atoms with Gasteiger partial charge in [0.2, 0.25) is 5.95 Å². The number of ether oxygens (including phenoxy) is 1. The van der Waals surface area contributed by atoms with Gasteiger partial charge >= 0.3 is 6.18 Å². The number of nitrogens with one attached hydrogen (secondary N) is 2. The minimum atomic E-state index is -4.21. The minimum Gasteiger partial charge on any atom is -0.496 e. The van der Waals surface area contributed by atoms with E-state index in [9.17, 15) is 22.4 Å². The van der Waals surface area contributed by atoms with Crippen LogP contribution in [-0.4, -0.2) is 34.8 Å². The molecule has 0 radical (unpaired) electrons. The van der Waals surface area contributed by atoms with Crippen molar-refractivity contribution in [1.82, 2.24) is 14.9 Å². The SMILES string of the molecule is COc1cc2c(cc1C(=O)NC1CCC(C(F)(F)F)CC1)nc(Nc1c(Cl)ccc(C)c1F)n2C. The second-order valence-corrected chi connectivity index (χ2v) is 9.18. The molecule has 0 bridgehead atoms. The van der Waals surface area contributed by atoms with Crippen molar-refractivity contribution in [2.24, 2.45) is 13.0 Å². The van der Waals surface area contributed by atoms with E-state index in [0.29, 0.717) is 22.5 Å². The van der Waals surface area contributed by atoms with Gasteiger partial charge in [0.15, 0.2) is 5.82 Å². The Labute approximate surface area is 204 Å². The van der Waals surface area contributed by atoms with Gasteiger partial charge in [-0.2, -0.15) is 13.2 Å². The summed E-state index contributed by atoms with van der Waals surface area (Å²) in [6.07, 6.45) is -3.74. The maximum Gasteiger partial charge on any atom is 0.391 e. The zero-order valence-corrected chi connectivity index (χ0v) is 20.1. The summed E-state index contributed by atoms with van der Waals surface area (Å²) in [6.45, 7) is 1.62. The fourth-order valence-electron chi connectivity index (χ4n) is 4.39. The standard InChI is InChI=1S/C24H25ClF4N4O2/c1-12-4-9-16(25)21(20(12)26)32-23-31-17-10-15(19(35-3)11-18(17)33(23)2)22(34)30-14-7-5-13(6-8-14)24(27,28)29/h4,9-11,13-14H,5-8H2,1-3H3,(H,30,34)(H,31,32). The fraction of sp³-hybridized carbons (Fsp3) is 0.417. The number of halogens is 5. The summed E-state index contributed by atoms with van der Waals surface area (Å²) in [4.78, 5) is 17.5. The van der Waals surface area contributed by atoms with Gasteiger partial charge in [0.05, 0.1) is 40.3 Å². The molecule has 0 unspecified atom stereocenters. The van der Waals surface area contributed by atoms with Gasteiger partial charge in [0, 0.05) is 19.2 Å². The highest BCUT2D eigenvalue weighted by atomic mass is 35.5. The summed E-state index contributed by atoms with van der Waals surface area (Å²) >= 11 is 6.17. The van der Waals surface area contributed by atoms with Crippen LogP contribution in [0.1, 0.15) is 41.6 Å². The average Bonchev–Trinajstić information content (AvgIpc) is 3.12. The normalized spacial score (nSPS) is 18.5. The zero-order chi connectivity index (χ0) is 25.5. The Balaban J connectivity index is 1.58. The number of amides is 1. The van der Waals surface area contributed by atoms with Crippen molar-refractivity contribution in [2.45, 2.75) is 44.8 Å². The molecule has 1 aliphatic carbocycles. The number of aryl methyl sites for hydroxylation is 2. The lowest BCUT2D eigenvalue weighted by molar-refractivity contribution is -0.182. The van der Waals surface area contributed by atoms with E-state index in [-0.39, 0.29) is 53.7 Å². The zero-order valence-electron chi connectivity index (χ0n) is 19.4. The summed E-state index contributed by atoms with van der Waals surface area (Å²) in [7, 11) is 3.14. The van der Waals surface area contributed by atoms with E-state index in [1.807, 2.05) is 0 Å². The number of carbonyl (C=O) groups excluding carboxylic acids is 1. The highest BCUT2D eigenvalue weighted by Crippen LogP contribution is 2.38. The third-order valence-corrected chi connectivity index (χ3v) is 6.81. The Hall–Kier alpha value is -3.01. The first kappa shape index (κ1) is 25.1. The minimum absolute atomic E-state index is 0.0159. The Morgan fingerprint density at radius 2 is 1.89 bits per heavy atom. The van der Waals surface area contributed by atoms with Crippen LogP contribution >= 0.6 is 11.6 Å². The number of nitrogens with zero attached hydrogens (tertiary/aromatic N) is 2. The number of imidazole rings is 1. The van der Waals surface area contributed by atoms with Crippen LogP contribution in [-0.2, 0) is 7.05 Å². The molecule has 188 valence electrons. The van der Waals surface area contributed by atoms with E-state index in [1.165, 1.54) is 7.11 Å². The summed E-state index contributed by atoms with van der Waals surface area (Å²) in [5.74, 6) is -1.69. The monoisotopic (exact) mass is 512 g/mol. The predicted molar refractivity (Wildman–Crippen MR) is 126 cm³/mol. The second kappa shape index (κ2) is 9.56. The lowest BCUT2D eigenvalue weighted by Crippen LogP contribution is -2.40. The highest BCUT2D eigenvalue weighted by Gasteiger charge is 2.41. The molecule has 1 aromatic heterocycles.